The number of halogens is 1. The topological polar surface area (TPSA) is 101 Å². The molecule has 0 spiro atoms. The number of carbonyl (C=O) groups is 3. The highest BCUT2D eigenvalue weighted by Gasteiger charge is 2.07. The Morgan fingerprint density at radius 1 is 1.18 bits per heavy atom. The van der Waals surface area contributed by atoms with Crippen molar-refractivity contribution < 1.29 is 29.3 Å². The zero-order chi connectivity index (χ0) is 13.3. The molecule has 0 rings (SSSR count). The summed E-state index contributed by atoms with van der Waals surface area (Å²) >= 11 is 0. The van der Waals surface area contributed by atoms with Crippen molar-refractivity contribution in [2.75, 3.05) is 7.11 Å². The molecule has 0 unspecified atom stereocenters. The van der Waals surface area contributed by atoms with Crippen LogP contribution in [0, 0.1) is 0 Å². The van der Waals surface area contributed by atoms with Gasteiger partial charge in [-0.2, -0.15) is 0 Å². The summed E-state index contributed by atoms with van der Waals surface area (Å²) in [7, 11) is 1.33. The summed E-state index contributed by atoms with van der Waals surface area (Å²) in [6.45, 7) is 7.97. The van der Waals surface area contributed by atoms with Crippen molar-refractivity contribution in [1.29, 1.82) is 0 Å². The van der Waals surface area contributed by atoms with E-state index in [0.717, 1.165) is 0 Å². The highest BCUT2D eigenvalue weighted by Crippen LogP contribution is 1.95. The summed E-state index contributed by atoms with van der Waals surface area (Å²) in [6.07, 6.45) is -0.505. The number of carbonyl (C=O) groups excluding carboxylic acids is 1. The molecular formula is C10H15IO6. The Kier molecular flexibility index (Phi) is 13.7. The molecule has 0 heterocycles. The molecule has 0 saturated heterocycles. The van der Waals surface area contributed by atoms with Gasteiger partial charge in [0.05, 0.1) is 13.5 Å². The maximum absolute atomic E-state index is 10.2. The first-order valence-electron chi connectivity index (χ1n) is 4.09. The third-order valence-corrected chi connectivity index (χ3v) is 1.20. The summed E-state index contributed by atoms with van der Waals surface area (Å²) in [5, 5.41) is 16.1. The van der Waals surface area contributed by atoms with Crippen LogP contribution in [0.5, 0.6) is 0 Å². The lowest BCUT2D eigenvalue weighted by atomic mass is 10.2. The van der Waals surface area contributed by atoms with Crippen LogP contribution in [0.4, 0.5) is 0 Å². The molecule has 2 N–H and O–H groups in total. The molecule has 0 amide bonds. The molecular weight excluding hydrogens is 343 g/mol. The van der Waals surface area contributed by atoms with E-state index in [1.54, 1.807) is 6.92 Å². The SMILES string of the molecule is C=C(C)C(=O)OC.C=C(CC(=O)O)C(=O)O.I. The minimum absolute atomic E-state index is 0. The monoisotopic (exact) mass is 358 g/mol. The Morgan fingerprint density at radius 2 is 1.59 bits per heavy atom. The van der Waals surface area contributed by atoms with Gasteiger partial charge in [-0.15, -0.1) is 24.0 Å². The maximum Gasteiger partial charge on any atom is 0.332 e. The number of hydrogen-bond donors (Lipinski definition) is 2. The number of methoxy groups -OCH3 is 1. The number of rotatable bonds is 4. The first-order chi connectivity index (χ1) is 7.22. The molecule has 0 aliphatic heterocycles. The van der Waals surface area contributed by atoms with Crippen LogP contribution in [0.2, 0.25) is 0 Å². The van der Waals surface area contributed by atoms with Crippen LogP contribution in [0.1, 0.15) is 13.3 Å². The predicted molar refractivity (Wildman–Crippen MR) is 71.3 cm³/mol. The van der Waals surface area contributed by atoms with Crippen LogP contribution in [0.3, 0.4) is 0 Å². The molecule has 0 bridgehead atoms. The smallest absolute Gasteiger partial charge is 0.332 e. The van der Waals surface area contributed by atoms with E-state index in [9.17, 15) is 14.4 Å². The first kappa shape index (κ1) is 21.0. The van der Waals surface area contributed by atoms with Gasteiger partial charge < -0.3 is 14.9 Å². The van der Waals surface area contributed by atoms with Gasteiger partial charge in [0.15, 0.2) is 0 Å². The van der Waals surface area contributed by atoms with Crippen LogP contribution in [0.25, 0.3) is 0 Å². The Morgan fingerprint density at radius 3 is 1.65 bits per heavy atom. The Hall–Kier alpha value is -1.38. The van der Waals surface area contributed by atoms with E-state index in [4.69, 9.17) is 10.2 Å². The summed E-state index contributed by atoms with van der Waals surface area (Å²) < 4.78 is 4.27. The first-order valence-corrected chi connectivity index (χ1v) is 4.09. The van der Waals surface area contributed by atoms with Gasteiger partial charge in [-0.1, -0.05) is 13.2 Å². The number of esters is 1. The van der Waals surface area contributed by atoms with E-state index in [-0.39, 0.29) is 35.5 Å². The van der Waals surface area contributed by atoms with Gasteiger partial charge in [-0.3, -0.25) is 4.79 Å². The van der Waals surface area contributed by atoms with Gasteiger partial charge in [0.25, 0.3) is 0 Å². The Labute approximate surface area is 116 Å². The molecule has 0 atom stereocenters. The van der Waals surface area contributed by atoms with Crippen LogP contribution >= 0.6 is 24.0 Å². The average molecular weight is 358 g/mol. The highest BCUT2D eigenvalue weighted by atomic mass is 127. The van der Waals surface area contributed by atoms with Crippen LogP contribution < -0.4 is 0 Å². The average Bonchev–Trinajstić information content (AvgIpc) is 2.16. The molecule has 98 valence electrons. The molecule has 7 heteroatoms. The van der Waals surface area contributed by atoms with Crippen LogP contribution in [-0.4, -0.2) is 35.2 Å². The summed E-state index contributed by atoms with van der Waals surface area (Å²) in [5.41, 5.74) is 0.130. The minimum Gasteiger partial charge on any atom is -0.481 e. The van der Waals surface area contributed by atoms with Crippen molar-refractivity contribution in [2.45, 2.75) is 13.3 Å². The van der Waals surface area contributed by atoms with Crippen molar-refractivity contribution >= 4 is 41.9 Å². The van der Waals surface area contributed by atoms with E-state index in [1.807, 2.05) is 0 Å². The molecule has 0 aliphatic carbocycles. The van der Waals surface area contributed by atoms with E-state index < -0.39 is 18.4 Å². The second-order valence-corrected chi connectivity index (χ2v) is 2.75. The lowest BCUT2D eigenvalue weighted by molar-refractivity contribution is -0.139. The second kappa shape index (κ2) is 11.1. The number of carboxylic acids is 2. The number of carboxylic acid groups (broad SMARTS) is 2. The Bertz CT molecular complexity index is 321. The third kappa shape index (κ3) is 14.6. The molecule has 0 aliphatic rings. The lowest BCUT2D eigenvalue weighted by Gasteiger charge is -1.91. The van der Waals surface area contributed by atoms with Gasteiger partial charge >= 0.3 is 17.9 Å². The molecule has 0 aromatic carbocycles. The third-order valence-electron chi connectivity index (χ3n) is 1.20. The predicted octanol–water partition coefficient (Wildman–Crippen LogP) is 1.46. The van der Waals surface area contributed by atoms with Crippen LogP contribution in [-0.2, 0) is 19.1 Å². The summed E-state index contributed by atoms with van der Waals surface area (Å²) in [4.78, 5) is 29.9. The van der Waals surface area contributed by atoms with E-state index in [1.165, 1.54) is 7.11 Å². The molecule has 0 radical (unpaired) electrons. The fourth-order valence-electron chi connectivity index (χ4n) is 0.432. The lowest BCUT2D eigenvalue weighted by Crippen LogP contribution is -2.04. The molecule has 17 heavy (non-hydrogen) atoms. The van der Waals surface area contributed by atoms with Gasteiger partial charge in [-0.05, 0) is 6.92 Å². The zero-order valence-electron chi connectivity index (χ0n) is 9.56. The zero-order valence-corrected chi connectivity index (χ0v) is 11.9. The van der Waals surface area contributed by atoms with Crippen LogP contribution in [0.15, 0.2) is 24.3 Å². The molecule has 0 aromatic heterocycles. The maximum atomic E-state index is 10.2. The largest absolute Gasteiger partial charge is 0.481 e. The standard InChI is InChI=1S/C5H6O4.C5H8O2.HI/c1-3(5(8)9)2-4(6)7;1-4(2)5(6)7-3;/h1-2H2,(H,6,7)(H,8,9);1H2,2-3H3;1H. The number of hydrogen-bond acceptors (Lipinski definition) is 4. The molecule has 0 fully saturated rings. The highest BCUT2D eigenvalue weighted by molar-refractivity contribution is 14.0. The number of aliphatic carboxylic acids is 2. The van der Waals surface area contributed by atoms with Crippen molar-refractivity contribution in [3.63, 3.8) is 0 Å². The minimum atomic E-state index is -1.27. The van der Waals surface area contributed by atoms with E-state index in [2.05, 4.69) is 17.9 Å². The van der Waals surface area contributed by atoms with Gasteiger partial charge in [0, 0.05) is 11.1 Å². The van der Waals surface area contributed by atoms with E-state index in [0.29, 0.717) is 5.57 Å². The quantitative estimate of drug-likeness (QED) is 0.448. The van der Waals surface area contributed by atoms with Crippen molar-refractivity contribution in [3.8, 4) is 0 Å². The fraction of sp³-hybridized carbons (Fsp3) is 0.300. The van der Waals surface area contributed by atoms with Crippen molar-refractivity contribution in [2.24, 2.45) is 0 Å². The molecule has 6 nitrogen and oxygen atoms in total. The van der Waals surface area contributed by atoms with Gasteiger partial charge in [0.2, 0.25) is 0 Å². The summed E-state index contributed by atoms with van der Waals surface area (Å²) in [5.74, 6) is -2.79. The van der Waals surface area contributed by atoms with Crippen molar-refractivity contribution in [1.82, 2.24) is 0 Å². The normalized spacial score (nSPS) is 7.65. The Balaban J connectivity index is -0.000000224. The van der Waals surface area contributed by atoms with E-state index >= 15 is 0 Å². The fourth-order valence-corrected chi connectivity index (χ4v) is 0.432. The summed E-state index contributed by atoms with van der Waals surface area (Å²) in [6, 6.07) is 0. The van der Waals surface area contributed by atoms with Crippen molar-refractivity contribution in [3.05, 3.63) is 24.3 Å². The number of ether oxygens (including phenoxy) is 1. The molecule has 0 saturated carbocycles. The molecule has 0 aromatic rings. The van der Waals surface area contributed by atoms with Gasteiger partial charge in [-0.25, -0.2) is 9.59 Å². The second-order valence-electron chi connectivity index (χ2n) is 2.75. The van der Waals surface area contributed by atoms with Gasteiger partial charge in [0.1, 0.15) is 0 Å².